The van der Waals surface area contributed by atoms with E-state index in [1.54, 1.807) is 6.08 Å². The quantitative estimate of drug-likeness (QED) is 0.130. The molecule has 0 heteroatoms. The predicted molar refractivity (Wildman–Crippen MR) is 188 cm³/mol. The van der Waals surface area contributed by atoms with E-state index in [1.807, 2.05) is 18.2 Å². The molecule has 0 atom stereocenters. The highest BCUT2D eigenvalue weighted by Gasteiger charge is 2.11. The number of rotatable bonds is 11. The van der Waals surface area contributed by atoms with E-state index in [-0.39, 0.29) is 0 Å². The first-order valence-electron chi connectivity index (χ1n) is 14.4. The Hall–Kier alpha value is -4.94. The van der Waals surface area contributed by atoms with Gasteiger partial charge in [0.2, 0.25) is 0 Å². The van der Waals surface area contributed by atoms with E-state index in [2.05, 4.69) is 150 Å². The molecule has 0 amide bonds. The topological polar surface area (TPSA) is 0 Å². The molecule has 0 heterocycles. The summed E-state index contributed by atoms with van der Waals surface area (Å²) >= 11 is 0. The third-order valence-electron chi connectivity index (χ3n) is 7.23. The molecule has 0 saturated heterocycles. The van der Waals surface area contributed by atoms with Gasteiger partial charge in [-0.25, -0.2) is 0 Å². The van der Waals surface area contributed by atoms with Gasteiger partial charge in [0.1, 0.15) is 0 Å². The van der Waals surface area contributed by atoms with Crippen molar-refractivity contribution in [2.45, 2.75) is 27.2 Å². The second kappa shape index (κ2) is 14.1. The van der Waals surface area contributed by atoms with Crippen LogP contribution in [0.4, 0.5) is 0 Å². The Labute approximate surface area is 252 Å². The summed E-state index contributed by atoms with van der Waals surface area (Å²) in [6.45, 7) is 22.4. The summed E-state index contributed by atoms with van der Waals surface area (Å²) in [6, 6.07) is 30.9. The SMILES string of the molecule is C=C/C=C\c1ccc(-c2cccc(-c3cc(/C(=C\C=C)CC=C)cc(-c4cccc(C(=C)C=C(C)C)c4)c3)c2)cc1C. The molecule has 0 aliphatic carbocycles. The molecule has 0 aliphatic rings. The molecule has 0 radical (unpaired) electrons. The van der Waals surface area contributed by atoms with Crippen LogP contribution in [-0.2, 0) is 0 Å². The van der Waals surface area contributed by atoms with Gasteiger partial charge < -0.3 is 0 Å². The zero-order valence-electron chi connectivity index (χ0n) is 25.2. The molecule has 4 aromatic carbocycles. The monoisotopic (exact) mass is 544 g/mol. The first kappa shape index (κ1) is 30.0. The first-order valence-corrected chi connectivity index (χ1v) is 14.4. The van der Waals surface area contributed by atoms with E-state index in [4.69, 9.17) is 0 Å². The maximum Gasteiger partial charge on any atom is -0.00942 e. The summed E-state index contributed by atoms with van der Waals surface area (Å²) < 4.78 is 0. The van der Waals surface area contributed by atoms with Crippen molar-refractivity contribution in [2.24, 2.45) is 0 Å². The van der Waals surface area contributed by atoms with Gasteiger partial charge in [-0.3, -0.25) is 0 Å². The molecule has 0 N–H and O–H groups in total. The summed E-state index contributed by atoms with van der Waals surface area (Å²) in [5.41, 5.74) is 15.2. The smallest absolute Gasteiger partial charge is 0.00942 e. The zero-order chi connectivity index (χ0) is 30.1. The second-order valence-electron chi connectivity index (χ2n) is 10.8. The van der Waals surface area contributed by atoms with Crippen LogP contribution in [0.15, 0.2) is 153 Å². The third kappa shape index (κ3) is 7.42. The molecule has 0 aliphatic heterocycles. The minimum Gasteiger partial charge on any atom is -0.103 e. The van der Waals surface area contributed by atoms with E-state index in [9.17, 15) is 0 Å². The molecule has 42 heavy (non-hydrogen) atoms. The highest BCUT2D eigenvalue weighted by molar-refractivity contribution is 5.84. The third-order valence-corrected chi connectivity index (χ3v) is 7.23. The summed E-state index contributed by atoms with van der Waals surface area (Å²) in [6.07, 6.45) is 14.6. The molecule has 208 valence electrons. The highest BCUT2D eigenvalue weighted by atomic mass is 14.2. The van der Waals surface area contributed by atoms with Crippen molar-refractivity contribution in [3.63, 3.8) is 0 Å². The van der Waals surface area contributed by atoms with Gasteiger partial charge in [0.15, 0.2) is 0 Å². The van der Waals surface area contributed by atoms with Crippen molar-refractivity contribution in [1.29, 1.82) is 0 Å². The van der Waals surface area contributed by atoms with Crippen LogP contribution in [0, 0.1) is 6.92 Å². The zero-order valence-corrected chi connectivity index (χ0v) is 25.2. The first-order chi connectivity index (χ1) is 20.3. The van der Waals surface area contributed by atoms with Crippen molar-refractivity contribution in [1.82, 2.24) is 0 Å². The average Bonchev–Trinajstić information content (AvgIpc) is 3.00. The number of hydrogen-bond acceptors (Lipinski definition) is 0. The lowest BCUT2D eigenvalue weighted by molar-refractivity contribution is 1.39. The minimum atomic E-state index is 0.762. The van der Waals surface area contributed by atoms with Gasteiger partial charge in [-0.05, 0) is 124 Å². The van der Waals surface area contributed by atoms with Crippen LogP contribution >= 0.6 is 0 Å². The summed E-state index contributed by atoms with van der Waals surface area (Å²) in [5.74, 6) is 0. The van der Waals surface area contributed by atoms with Gasteiger partial charge in [0.05, 0.1) is 0 Å². The summed E-state index contributed by atoms with van der Waals surface area (Å²) in [5, 5.41) is 0. The van der Waals surface area contributed by atoms with E-state index < -0.39 is 0 Å². The van der Waals surface area contributed by atoms with Gasteiger partial charge in [0, 0.05) is 0 Å². The summed E-state index contributed by atoms with van der Waals surface area (Å²) in [7, 11) is 0. The lowest BCUT2D eigenvalue weighted by Crippen LogP contribution is -1.91. The van der Waals surface area contributed by atoms with Gasteiger partial charge in [-0.15, -0.1) is 6.58 Å². The van der Waals surface area contributed by atoms with E-state index >= 15 is 0 Å². The average molecular weight is 545 g/mol. The Morgan fingerprint density at radius 3 is 1.88 bits per heavy atom. The Bertz CT molecular complexity index is 1730. The fourth-order valence-corrected chi connectivity index (χ4v) is 5.15. The molecule has 0 aromatic heterocycles. The Morgan fingerprint density at radius 2 is 1.26 bits per heavy atom. The molecular formula is C42H40. The maximum atomic E-state index is 4.31. The molecule has 0 saturated carbocycles. The van der Waals surface area contributed by atoms with E-state index in [1.165, 1.54) is 44.5 Å². The van der Waals surface area contributed by atoms with Gasteiger partial charge in [-0.2, -0.15) is 0 Å². The Kier molecular flexibility index (Phi) is 10.1. The van der Waals surface area contributed by atoms with Gasteiger partial charge in [-0.1, -0.05) is 122 Å². The van der Waals surface area contributed by atoms with E-state index in [0.29, 0.717) is 0 Å². The fraction of sp³-hybridized carbons (Fsp3) is 0.0952. The van der Waals surface area contributed by atoms with Gasteiger partial charge >= 0.3 is 0 Å². The van der Waals surface area contributed by atoms with Crippen LogP contribution in [0.1, 0.15) is 42.5 Å². The van der Waals surface area contributed by atoms with Crippen LogP contribution in [0.3, 0.4) is 0 Å². The molecule has 4 aromatic rings. The maximum absolute atomic E-state index is 4.31. The molecule has 0 spiro atoms. The molecule has 0 bridgehead atoms. The number of benzene rings is 4. The van der Waals surface area contributed by atoms with Crippen LogP contribution in [0.2, 0.25) is 0 Å². The molecule has 0 nitrogen and oxygen atoms in total. The van der Waals surface area contributed by atoms with Crippen LogP contribution in [-0.4, -0.2) is 0 Å². The van der Waals surface area contributed by atoms with Crippen LogP contribution in [0.5, 0.6) is 0 Å². The molecule has 0 fully saturated rings. The Balaban J connectivity index is 1.85. The van der Waals surface area contributed by atoms with Gasteiger partial charge in [0.25, 0.3) is 0 Å². The number of allylic oxidation sites excluding steroid dienone is 9. The minimum absolute atomic E-state index is 0.762. The number of hydrogen-bond donors (Lipinski definition) is 0. The van der Waals surface area contributed by atoms with Crippen molar-refractivity contribution in [3.8, 4) is 33.4 Å². The largest absolute Gasteiger partial charge is 0.103 e. The standard InChI is InChI=1S/C42H40/c1-8-11-16-33-21-22-39(24-32(33)7)36-18-13-20-38(26-36)42-28-40(34(14-9-2)15-10-3)27-41(29-42)37-19-12-17-35(25-37)31(6)23-30(4)5/h8-14,16-29H,1-3,6,15H2,4-5,7H3/b16-11-,34-14-. The highest BCUT2D eigenvalue weighted by Crippen LogP contribution is 2.35. The van der Waals surface area contributed by atoms with Crippen molar-refractivity contribution < 1.29 is 0 Å². The molecule has 4 rings (SSSR count). The van der Waals surface area contributed by atoms with Crippen LogP contribution < -0.4 is 0 Å². The predicted octanol–water partition coefficient (Wildman–Crippen LogP) is 12.3. The molecular weight excluding hydrogens is 504 g/mol. The number of aryl methyl sites for hydroxylation is 1. The Morgan fingerprint density at radius 1 is 0.667 bits per heavy atom. The second-order valence-corrected chi connectivity index (χ2v) is 10.8. The van der Waals surface area contributed by atoms with E-state index in [0.717, 1.165) is 34.2 Å². The lowest BCUT2D eigenvalue weighted by Gasteiger charge is -2.14. The summed E-state index contributed by atoms with van der Waals surface area (Å²) in [4.78, 5) is 0. The van der Waals surface area contributed by atoms with Crippen molar-refractivity contribution >= 4 is 17.2 Å². The normalized spacial score (nSPS) is 11.3. The fourth-order valence-electron chi connectivity index (χ4n) is 5.15. The molecule has 0 unspecified atom stereocenters. The lowest BCUT2D eigenvalue weighted by atomic mass is 9.90. The van der Waals surface area contributed by atoms with Crippen molar-refractivity contribution in [2.75, 3.05) is 0 Å². The van der Waals surface area contributed by atoms with Crippen molar-refractivity contribution in [3.05, 3.63) is 176 Å². The van der Waals surface area contributed by atoms with Crippen LogP contribution in [0.25, 0.3) is 50.6 Å².